The molecule has 0 saturated carbocycles. The highest BCUT2D eigenvalue weighted by molar-refractivity contribution is 6.04. The van der Waals surface area contributed by atoms with Crippen LogP contribution in [0.2, 0.25) is 0 Å². The summed E-state index contributed by atoms with van der Waals surface area (Å²) in [4.78, 5) is 20.9. The normalized spacial score (nSPS) is 10.5. The van der Waals surface area contributed by atoms with Crippen molar-refractivity contribution in [2.24, 2.45) is 0 Å². The van der Waals surface area contributed by atoms with Crippen LogP contribution in [0.5, 0.6) is 5.75 Å². The predicted octanol–water partition coefficient (Wildman–Crippen LogP) is 4.38. The van der Waals surface area contributed by atoms with E-state index in [4.69, 9.17) is 4.74 Å². The minimum absolute atomic E-state index is 0.0335. The molecule has 3 aromatic rings. The molecule has 0 aliphatic heterocycles. The molecule has 0 fully saturated rings. The molecule has 3 rings (SSSR count). The van der Waals surface area contributed by atoms with Crippen molar-refractivity contribution >= 4 is 23.1 Å². The van der Waals surface area contributed by atoms with Gasteiger partial charge in [-0.05, 0) is 43.7 Å². The monoisotopic (exact) mass is 384 g/mol. The number of hydrogen-bond acceptors (Lipinski definition) is 5. The molecule has 28 heavy (non-hydrogen) atoms. The highest BCUT2D eigenvalue weighted by atomic mass is 19.1. The van der Waals surface area contributed by atoms with E-state index >= 15 is 0 Å². The van der Waals surface area contributed by atoms with Gasteiger partial charge in [-0.2, -0.15) is 0 Å². The molecule has 2 aromatic carbocycles. The zero-order chi connectivity index (χ0) is 20.3. The van der Waals surface area contributed by atoms with Crippen molar-refractivity contribution in [1.82, 2.24) is 9.97 Å². The van der Waals surface area contributed by atoms with E-state index in [1.807, 2.05) is 13.0 Å². The third-order valence-corrected chi connectivity index (χ3v) is 3.87. The van der Waals surface area contributed by atoms with Crippen molar-refractivity contribution < 1.29 is 18.3 Å². The molecule has 0 unspecified atom stereocenters. The van der Waals surface area contributed by atoms with Gasteiger partial charge in [0.05, 0.1) is 18.5 Å². The fourth-order valence-electron chi connectivity index (χ4n) is 2.58. The first kappa shape index (κ1) is 19.2. The summed E-state index contributed by atoms with van der Waals surface area (Å²) >= 11 is 0. The van der Waals surface area contributed by atoms with Crippen molar-refractivity contribution in [3.63, 3.8) is 0 Å². The molecule has 1 amide bonds. The maximum atomic E-state index is 13.9. The summed E-state index contributed by atoms with van der Waals surface area (Å²) in [5, 5.41) is 5.48. The zero-order valence-corrected chi connectivity index (χ0v) is 15.5. The van der Waals surface area contributed by atoms with E-state index in [0.717, 1.165) is 17.7 Å². The van der Waals surface area contributed by atoms with Crippen molar-refractivity contribution in [3.8, 4) is 5.75 Å². The third-order valence-electron chi connectivity index (χ3n) is 3.87. The number of ether oxygens (including phenoxy) is 1. The van der Waals surface area contributed by atoms with Gasteiger partial charge in [0.25, 0.3) is 5.91 Å². The number of halogens is 2. The number of aromatic nitrogens is 2. The van der Waals surface area contributed by atoms with E-state index in [0.29, 0.717) is 17.3 Å². The molecule has 1 heterocycles. The molecule has 1 aromatic heterocycles. The average molecular weight is 384 g/mol. The number of anilines is 3. The Hall–Kier alpha value is -3.55. The average Bonchev–Trinajstić information content (AvgIpc) is 2.64. The highest BCUT2D eigenvalue weighted by Gasteiger charge is 2.14. The lowest BCUT2D eigenvalue weighted by Gasteiger charge is -2.12. The van der Waals surface area contributed by atoms with Crippen LogP contribution in [-0.4, -0.2) is 23.0 Å². The number of methoxy groups -OCH3 is 1. The number of hydrogen-bond donors (Lipinski definition) is 2. The summed E-state index contributed by atoms with van der Waals surface area (Å²) in [6.45, 7) is 3.50. The summed E-state index contributed by atoms with van der Waals surface area (Å²) in [5.74, 6) is -0.900. The van der Waals surface area contributed by atoms with E-state index in [1.54, 1.807) is 19.1 Å². The molecule has 0 spiro atoms. The number of benzene rings is 2. The van der Waals surface area contributed by atoms with Crippen LogP contribution in [0, 0.1) is 25.5 Å². The van der Waals surface area contributed by atoms with Crippen molar-refractivity contribution in [1.29, 1.82) is 0 Å². The Bertz CT molecular complexity index is 1040. The number of nitrogens with zero attached hydrogens (tertiary/aromatic N) is 2. The van der Waals surface area contributed by atoms with Gasteiger partial charge in [0.15, 0.2) is 0 Å². The van der Waals surface area contributed by atoms with Gasteiger partial charge in [-0.1, -0.05) is 6.07 Å². The summed E-state index contributed by atoms with van der Waals surface area (Å²) in [7, 11) is 1.51. The van der Waals surface area contributed by atoms with E-state index in [-0.39, 0.29) is 17.2 Å². The zero-order valence-electron chi connectivity index (χ0n) is 15.5. The SMILES string of the molecule is COc1ccc(C)cc1NC(=O)c1cc(Nc2ccc(F)cc2F)nc(C)n1. The van der Waals surface area contributed by atoms with Gasteiger partial charge in [0.2, 0.25) is 0 Å². The lowest BCUT2D eigenvalue weighted by Crippen LogP contribution is -2.16. The van der Waals surface area contributed by atoms with Gasteiger partial charge in [-0.15, -0.1) is 0 Å². The standard InChI is InChI=1S/C20H18F2N4O2/c1-11-4-7-18(28-3)16(8-11)26-20(27)17-10-19(24-12(2)23-17)25-15-6-5-13(21)9-14(15)22/h4-10H,1-3H3,(H,26,27)(H,23,24,25). The molecule has 0 bridgehead atoms. The van der Waals surface area contributed by atoms with E-state index in [1.165, 1.54) is 19.2 Å². The first-order valence-corrected chi connectivity index (χ1v) is 8.39. The Labute approximate surface area is 160 Å². The second-order valence-corrected chi connectivity index (χ2v) is 6.09. The molecular formula is C20H18F2N4O2. The summed E-state index contributed by atoms with van der Waals surface area (Å²) in [6.07, 6.45) is 0. The highest BCUT2D eigenvalue weighted by Crippen LogP contribution is 2.26. The smallest absolute Gasteiger partial charge is 0.274 e. The van der Waals surface area contributed by atoms with Crippen molar-refractivity contribution in [3.05, 3.63) is 71.2 Å². The van der Waals surface area contributed by atoms with Gasteiger partial charge in [0.1, 0.15) is 34.7 Å². The van der Waals surface area contributed by atoms with Crippen LogP contribution in [0.25, 0.3) is 0 Å². The molecular weight excluding hydrogens is 366 g/mol. The maximum absolute atomic E-state index is 13.9. The number of carbonyl (C=O) groups excluding carboxylic acids is 1. The molecule has 0 aliphatic carbocycles. The Morgan fingerprint density at radius 1 is 1.00 bits per heavy atom. The van der Waals surface area contributed by atoms with Crippen molar-refractivity contribution in [2.75, 3.05) is 17.7 Å². The summed E-state index contributed by atoms with van der Waals surface area (Å²) in [5.41, 5.74) is 1.57. The number of nitrogens with one attached hydrogen (secondary N) is 2. The van der Waals surface area contributed by atoms with Crippen LogP contribution in [0.3, 0.4) is 0 Å². The van der Waals surface area contributed by atoms with E-state index in [9.17, 15) is 13.6 Å². The maximum Gasteiger partial charge on any atom is 0.274 e. The molecule has 0 saturated heterocycles. The number of carbonyl (C=O) groups is 1. The van der Waals surface area contributed by atoms with Crippen LogP contribution >= 0.6 is 0 Å². The van der Waals surface area contributed by atoms with Gasteiger partial charge in [-0.25, -0.2) is 18.7 Å². The molecule has 2 N–H and O–H groups in total. The third kappa shape index (κ3) is 4.40. The van der Waals surface area contributed by atoms with Crippen LogP contribution in [-0.2, 0) is 0 Å². The lowest BCUT2D eigenvalue weighted by molar-refractivity contribution is 0.102. The molecule has 8 heteroatoms. The van der Waals surface area contributed by atoms with Crippen LogP contribution in [0.4, 0.5) is 26.0 Å². The molecule has 0 atom stereocenters. The van der Waals surface area contributed by atoms with Gasteiger partial charge >= 0.3 is 0 Å². The quantitative estimate of drug-likeness (QED) is 0.683. The number of amides is 1. The lowest BCUT2D eigenvalue weighted by atomic mass is 10.2. The minimum atomic E-state index is -0.772. The van der Waals surface area contributed by atoms with Crippen LogP contribution < -0.4 is 15.4 Å². The fourth-order valence-corrected chi connectivity index (χ4v) is 2.58. The Morgan fingerprint density at radius 2 is 1.79 bits per heavy atom. The molecule has 144 valence electrons. The fraction of sp³-hybridized carbons (Fsp3) is 0.150. The topological polar surface area (TPSA) is 76.1 Å². The number of aryl methyl sites for hydroxylation is 2. The number of rotatable bonds is 5. The van der Waals surface area contributed by atoms with E-state index in [2.05, 4.69) is 20.6 Å². The van der Waals surface area contributed by atoms with Crippen molar-refractivity contribution in [2.45, 2.75) is 13.8 Å². The molecule has 0 radical (unpaired) electrons. The first-order chi connectivity index (χ1) is 13.4. The van der Waals surface area contributed by atoms with Gasteiger partial charge < -0.3 is 15.4 Å². The summed E-state index contributed by atoms with van der Waals surface area (Å²) in [6, 6.07) is 9.90. The molecule has 0 aliphatic rings. The second-order valence-electron chi connectivity index (χ2n) is 6.09. The minimum Gasteiger partial charge on any atom is -0.495 e. The van der Waals surface area contributed by atoms with Crippen LogP contribution in [0.1, 0.15) is 21.9 Å². The van der Waals surface area contributed by atoms with Gasteiger partial charge in [-0.3, -0.25) is 4.79 Å². The summed E-state index contributed by atoms with van der Waals surface area (Å²) < 4.78 is 32.2. The van der Waals surface area contributed by atoms with E-state index < -0.39 is 17.5 Å². The second kappa shape index (κ2) is 7.99. The molecule has 6 nitrogen and oxygen atoms in total. The Morgan fingerprint density at radius 3 is 2.50 bits per heavy atom. The predicted molar refractivity (Wildman–Crippen MR) is 102 cm³/mol. The largest absolute Gasteiger partial charge is 0.495 e. The Kier molecular flexibility index (Phi) is 5.49. The first-order valence-electron chi connectivity index (χ1n) is 8.39. The van der Waals surface area contributed by atoms with Crippen LogP contribution in [0.15, 0.2) is 42.5 Å². The Balaban J connectivity index is 1.86. The van der Waals surface area contributed by atoms with Gasteiger partial charge in [0, 0.05) is 12.1 Å².